The normalized spacial score (nSPS) is 10.5. The smallest absolute Gasteiger partial charge is 0.329 e. The Hall–Kier alpha value is -1.41. The largest absolute Gasteiger partial charge is 0.506 e. The van der Waals surface area contributed by atoms with Crippen molar-refractivity contribution >= 4 is 49.9 Å². The zero-order valence-corrected chi connectivity index (χ0v) is 11.4. The van der Waals surface area contributed by atoms with Crippen LogP contribution in [0.2, 0.25) is 0 Å². The molecule has 0 atom stereocenters. The number of amides is 2. The fourth-order valence-corrected chi connectivity index (χ4v) is 2.16. The summed E-state index contributed by atoms with van der Waals surface area (Å²) in [4.78, 5) is 21.2. The van der Waals surface area contributed by atoms with Crippen molar-refractivity contribution < 1.29 is 14.7 Å². The molecule has 0 aliphatic rings. The summed E-state index contributed by atoms with van der Waals surface area (Å²) in [6, 6.07) is 3.23. The van der Waals surface area contributed by atoms with E-state index in [1.807, 2.05) is 5.43 Å². The van der Waals surface area contributed by atoms with Crippen LogP contribution in [0.3, 0.4) is 0 Å². The van der Waals surface area contributed by atoms with Gasteiger partial charge >= 0.3 is 11.8 Å². The molecule has 1 rings (SSSR count). The first-order valence-electron chi connectivity index (χ1n) is 4.22. The lowest BCUT2D eigenvalue weighted by Crippen LogP contribution is -2.32. The molecule has 1 aromatic rings. The third-order valence-electron chi connectivity index (χ3n) is 1.65. The van der Waals surface area contributed by atoms with Crippen molar-refractivity contribution in [3.63, 3.8) is 0 Å². The number of carbonyl (C=O) groups is 2. The van der Waals surface area contributed by atoms with Gasteiger partial charge in [0.15, 0.2) is 0 Å². The number of halogens is 2. The first-order chi connectivity index (χ1) is 7.91. The molecular formula is C9H7Br2N3O3. The monoisotopic (exact) mass is 363 g/mol. The summed E-state index contributed by atoms with van der Waals surface area (Å²) in [6.07, 6.45) is 1.19. The van der Waals surface area contributed by atoms with E-state index in [1.165, 1.54) is 6.21 Å². The fraction of sp³-hybridized carbons (Fsp3) is 0. The molecule has 0 aliphatic carbocycles. The summed E-state index contributed by atoms with van der Waals surface area (Å²) in [7, 11) is 0. The highest BCUT2D eigenvalue weighted by atomic mass is 79.9. The zero-order valence-electron chi connectivity index (χ0n) is 8.28. The first kappa shape index (κ1) is 13.7. The maximum Gasteiger partial charge on any atom is 0.329 e. The van der Waals surface area contributed by atoms with Gasteiger partial charge in [0.25, 0.3) is 0 Å². The number of hydrazone groups is 1. The molecule has 0 fully saturated rings. The summed E-state index contributed by atoms with van der Waals surface area (Å²) in [5, 5.41) is 13.1. The molecule has 6 nitrogen and oxygen atoms in total. The lowest BCUT2D eigenvalue weighted by molar-refractivity contribution is -0.137. The van der Waals surface area contributed by atoms with E-state index in [2.05, 4.69) is 37.0 Å². The van der Waals surface area contributed by atoms with E-state index < -0.39 is 11.8 Å². The van der Waals surface area contributed by atoms with E-state index in [-0.39, 0.29) is 5.75 Å². The molecule has 90 valence electrons. The number of rotatable bonds is 2. The molecule has 0 saturated carbocycles. The molecule has 0 heterocycles. The van der Waals surface area contributed by atoms with Crippen molar-refractivity contribution in [1.82, 2.24) is 5.43 Å². The second-order valence-electron chi connectivity index (χ2n) is 2.89. The van der Waals surface area contributed by atoms with Crippen LogP contribution >= 0.6 is 31.9 Å². The lowest BCUT2D eigenvalue weighted by atomic mass is 10.2. The van der Waals surface area contributed by atoms with Crippen molar-refractivity contribution in [3.8, 4) is 5.75 Å². The van der Waals surface area contributed by atoms with E-state index in [9.17, 15) is 14.7 Å². The Morgan fingerprint density at radius 1 is 1.41 bits per heavy atom. The van der Waals surface area contributed by atoms with Gasteiger partial charge in [0.2, 0.25) is 0 Å². The van der Waals surface area contributed by atoms with Gasteiger partial charge < -0.3 is 10.8 Å². The summed E-state index contributed by atoms with van der Waals surface area (Å²) in [5.74, 6) is -2.21. The van der Waals surface area contributed by atoms with Crippen LogP contribution in [0.5, 0.6) is 5.75 Å². The minimum Gasteiger partial charge on any atom is -0.506 e. The highest BCUT2D eigenvalue weighted by molar-refractivity contribution is 9.11. The van der Waals surface area contributed by atoms with Gasteiger partial charge in [0, 0.05) is 10.0 Å². The summed E-state index contributed by atoms with van der Waals surface area (Å²) >= 11 is 6.36. The quantitative estimate of drug-likeness (QED) is 0.411. The van der Waals surface area contributed by atoms with Crippen LogP contribution in [0, 0.1) is 0 Å². The predicted octanol–water partition coefficient (Wildman–Crippen LogP) is 0.853. The number of phenolic OH excluding ortho intramolecular Hbond substituents is 1. The Balaban J connectivity index is 2.85. The Bertz CT molecular complexity index is 503. The summed E-state index contributed by atoms with van der Waals surface area (Å²) < 4.78 is 1.18. The maximum absolute atomic E-state index is 10.8. The molecule has 0 aliphatic heterocycles. The number of hydrogen-bond donors (Lipinski definition) is 3. The number of benzene rings is 1. The van der Waals surface area contributed by atoms with Crippen molar-refractivity contribution in [3.05, 3.63) is 26.6 Å². The van der Waals surface area contributed by atoms with E-state index in [1.54, 1.807) is 12.1 Å². The van der Waals surface area contributed by atoms with Crippen LogP contribution < -0.4 is 11.2 Å². The van der Waals surface area contributed by atoms with Gasteiger partial charge in [-0.2, -0.15) is 5.10 Å². The van der Waals surface area contributed by atoms with Crippen LogP contribution in [0.1, 0.15) is 5.56 Å². The number of carbonyl (C=O) groups excluding carboxylic acids is 2. The standard InChI is InChI=1S/C9H7Br2N3O3/c10-5-1-4(7(15)6(11)2-5)3-13-14-9(17)8(12)16/h1-3,15H,(H2,12,16)(H,14,17)/b13-3+. The van der Waals surface area contributed by atoms with Crippen molar-refractivity contribution in [1.29, 1.82) is 0 Å². The van der Waals surface area contributed by atoms with Gasteiger partial charge in [0.1, 0.15) is 5.75 Å². The predicted molar refractivity (Wildman–Crippen MR) is 68.4 cm³/mol. The van der Waals surface area contributed by atoms with E-state index in [0.29, 0.717) is 14.5 Å². The number of primary amides is 1. The highest BCUT2D eigenvalue weighted by Crippen LogP contribution is 2.30. The number of phenols is 1. The third kappa shape index (κ3) is 3.82. The van der Waals surface area contributed by atoms with Gasteiger partial charge in [-0.25, -0.2) is 5.43 Å². The second-order valence-corrected chi connectivity index (χ2v) is 4.66. The molecule has 1 aromatic carbocycles. The minimum absolute atomic E-state index is 0.0368. The number of nitrogens with one attached hydrogen (secondary N) is 1. The SMILES string of the molecule is NC(=O)C(=O)N/N=C/c1cc(Br)cc(Br)c1O. The Morgan fingerprint density at radius 2 is 2.06 bits per heavy atom. The molecule has 0 aromatic heterocycles. The molecule has 0 unspecified atom stereocenters. The van der Waals surface area contributed by atoms with Gasteiger partial charge in [-0.05, 0) is 28.1 Å². The molecule has 0 bridgehead atoms. The lowest BCUT2D eigenvalue weighted by Gasteiger charge is -2.02. The topological polar surface area (TPSA) is 105 Å². The minimum atomic E-state index is -1.14. The van der Waals surface area contributed by atoms with Crippen LogP contribution in [0.25, 0.3) is 0 Å². The molecule has 0 saturated heterocycles. The number of nitrogens with zero attached hydrogens (tertiary/aromatic N) is 1. The molecule has 4 N–H and O–H groups in total. The molecular weight excluding hydrogens is 358 g/mol. The average molecular weight is 365 g/mol. The number of aromatic hydroxyl groups is 1. The summed E-state index contributed by atoms with van der Waals surface area (Å²) in [6.45, 7) is 0. The van der Waals surface area contributed by atoms with E-state index in [0.717, 1.165) is 0 Å². The molecule has 8 heteroatoms. The van der Waals surface area contributed by atoms with E-state index in [4.69, 9.17) is 5.73 Å². The second kappa shape index (κ2) is 5.78. The van der Waals surface area contributed by atoms with Crippen molar-refractivity contribution in [2.75, 3.05) is 0 Å². The van der Waals surface area contributed by atoms with Gasteiger partial charge in [-0.15, -0.1) is 0 Å². The number of nitrogens with two attached hydrogens (primary N) is 1. The maximum atomic E-state index is 10.8. The van der Waals surface area contributed by atoms with Gasteiger partial charge in [0.05, 0.1) is 10.7 Å². The Kier molecular flexibility index (Phi) is 4.64. The Morgan fingerprint density at radius 3 is 2.65 bits per heavy atom. The highest BCUT2D eigenvalue weighted by Gasteiger charge is 2.07. The first-order valence-corrected chi connectivity index (χ1v) is 5.81. The number of hydrogen-bond acceptors (Lipinski definition) is 4. The zero-order chi connectivity index (χ0) is 13.0. The molecule has 0 spiro atoms. The molecule has 17 heavy (non-hydrogen) atoms. The van der Waals surface area contributed by atoms with Crippen molar-refractivity contribution in [2.24, 2.45) is 10.8 Å². The Labute approximate surface area is 113 Å². The van der Waals surface area contributed by atoms with Crippen LogP contribution in [-0.2, 0) is 9.59 Å². The van der Waals surface area contributed by atoms with Gasteiger partial charge in [-0.1, -0.05) is 15.9 Å². The van der Waals surface area contributed by atoms with Gasteiger partial charge in [-0.3, -0.25) is 9.59 Å². The molecule has 0 radical (unpaired) electrons. The summed E-state index contributed by atoms with van der Waals surface area (Å²) in [5.41, 5.74) is 6.97. The van der Waals surface area contributed by atoms with E-state index >= 15 is 0 Å². The fourth-order valence-electron chi connectivity index (χ4n) is 0.900. The molecule has 2 amide bonds. The third-order valence-corrected chi connectivity index (χ3v) is 2.71. The average Bonchev–Trinajstić information content (AvgIpc) is 2.24. The van der Waals surface area contributed by atoms with Crippen LogP contribution in [0.4, 0.5) is 0 Å². The van der Waals surface area contributed by atoms with Crippen LogP contribution in [-0.4, -0.2) is 23.1 Å². The van der Waals surface area contributed by atoms with Crippen LogP contribution in [0.15, 0.2) is 26.2 Å². The van der Waals surface area contributed by atoms with Crippen molar-refractivity contribution in [2.45, 2.75) is 0 Å².